The van der Waals surface area contributed by atoms with Gasteiger partial charge in [0.25, 0.3) is 0 Å². The average molecular weight is 352 g/mol. The Kier molecular flexibility index (Phi) is 6.26. The molecular weight excluding hydrogens is 324 g/mol. The molecule has 3 rings (SSSR count). The Morgan fingerprint density at radius 1 is 1.08 bits per heavy atom. The number of nitrogens with zero attached hydrogens (tertiary/aromatic N) is 1. The van der Waals surface area contributed by atoms with Crippen LogP contribution >= 0.6 is 0 Å². The predicted molar refractivity (Wildman–Crippen MR) is 104 cm³/mol. The van der Waals surface area contributed by atoms with Crippen LogP contribution < -0.4 is 5.32 Å². The second-order valence-corrected chi connectivity index (χ2v) is 6.88. The lowest BCUT2D eigenvalue weighted by atomic mass is 9.95. The molecule has 1 fully saturated rings. The van der Waals surface area contributed by atoms with Crippen LogP contribution in [0.5, 0.6) is 0 Å². The van der Waals surface area contributed by atoms with Crippen molar-refractivity contribution in [2.75, 3.05) is 19.8 Å². The molecule has 0 heterocycles. The average Bonchev–Trinajstić information content (AvgIpc) is 3.47. The molecule has 0 saturated heterocycles. The van der Waals surface area contributed by atoms with Crippen molar-refractivity contribution in [3.63, 3.8) is 0 Å². The normalized spacial score (nSPS) is 16.5. The first-order valence-corrected chi connectivity index (χ1v) is 9.58. The summed E-state index contributed by atoms with van der Waals surface area (Å²) in [5.41, 5.74) is 1.10. The molecule has 0 unspecified atom stereocenters. The Morgan fingerprint density at radius 3 is 2.42 bits per heavy atom. The van der Waals surface area contributed by atoms with Crippen LogP contribution in [-0.2, 0) is 15.9 Å². The van der Waals surface area contributed by atoms with Gasteiger partial charge >= 0.3 is 0 Å². The third-order valence-electron chi connectivity index (χ3n) is 5.26. The fourth-order valence-corrected chi connectivity index (χ4v) is 3.73. The van der Waals surface area contributed by atoms with Crippen molar-refractivity contribution in [3.8, 4) is 6.07 Å². The molecule has 1 N–H and O–H groups in total. The molecule has 1 saturated carbocycles. The molecule has 4 heteroatoms. The first-order valence-electron chi connectivity index (χ1n) is 9.58. The molecular formula is C22H28N2O2. The summed E-state index contributed by atoms with van der Waals surface area (Å²) in [5, 5.41) is 15.7. The zero-order valence-electron chi connectivity index (χ0n) is 15.7. The Morgan fingerprint density at radius 2 is 1.77 bits per heavy atom. The summed E-state index contributed by atoms with van der Waals surface area (Å²) in [6.45, 7) is 5.90. The van der Waals surface area contributed by atoms with Crippen molar-refractivity contribution in [3.05, 3.63) is 48.0 Å². The Balaban J connectivity index is 1.65. The minimum atomic E-state index is -0.299. The SMILES string of the molecule is CCOC(OCC)C1([C@H](C#N)NCCc2cccc3ccccc23)CC1. The van der Waals surface area contributed by atoms with Gasteiger partial charge < -0.3 is 14.8 Å². The molecule has 4 nitrogen and oxygen atoms in total. The summed E-state index contributed by atoms with van der Waals surface area (Å²) in [6, 6.07) is 17.0. The van der Waals surface area contributed by atoms with Gasteiger partial charge in [0.15, 0.2) is 6.29 Å². The van der Waals surface area contributed by atoms with Gasteiger partial charge in [0, 0.05) is 19.8 Å². The van der Waals surface area contributed by atoms with Gasteiger partial charge in [-0.1, -0.05) is 42.5 Å². The molecule has 0 aliphatic heterocycles. The number of hydrogen-bond donors (Lipinski definition) is 1. The summed E-state index contributed by atoms with van der Waals surface area (Å²) in [7, 11) is 0. The smallest absolute Gasteiger partial charge is 0.165 e. The molecule has 26 heavy (non-hydrogen) atoms. The number of nitrogens with one attached hydrogen (secondary N) is 1. The van der Waals surface area contributed by atoms with Gasteiger partial charge in [-0.15, -0.1) is 0 Å². The van der Waals surface area contributed by atoms with Gasteiger partial charge in [0.2, 0.25) is 0 Å². The molecule has 1 aliphatic rings. The maximum atomic E-state index is 9.73. The summed E-state index contributed by atoms with van der Waals surface area (Å²) < 4.78 is 11.6. The largest absolute Gasteiger partial charge is 0.352 e. The maximum Gasteiger partial charge on any atom is 0.165 e. The van der Waals surface area contributed by atoms with Crippen LogP contribution in [0.25, 0.3) is 10.8 Å². The number of nitriles is 1. The highest BCUT2D eigenvalue weighted by Gasteiger charge is 2.56. The molecule has 0 aromatic heterocycles. The van der Waals surface area contributed by atoms with E-state index >= 15 is 0 Å². The van der Waals surface area contributed by atoms with E-state index in [0.29, 0.717) is 13.2 Å². The Bertz CT molecular complexity index is 753. The van der Waals surface area contributed by atoms with Crippen molar-refractivity contribution in [1.82, 2.24) is 5.32 Å². The third-order valence-corrected chi connectivity index (χ3v) is 5.26. The topological polar surface area (TPSA) is 54.3 Å². The van der Waals surface area contributed by atoms with Gasteiger partial charge in [-0.3, -0.25) is 0 Å². The number of fused-ring (bicyclic) bond motifs is 1. The van der Waals surface area contributed by atoms with Gasteiger partial charge in [0.1, 0.15) is 6.04 Å². The highest BCUT2D eigenvalue weighted by Crippen LogP contribution is 2.53. The van der Waals surface area contributed by atoms with Crippen LogP contribution in [0.3, 0.4) is 0 Å². The molecule has 2 aromatic carbocycles. The lowest BCUT2D eigenvalue weighted by molar-refractivity contribution is -0.179. The van der Waals surface area contributed by atoms with E-state index in [0.717, 1.165) is 25.8 Å². The molecule has 1 aliphatic carbocycles. The lowest BCUT2D eigenvalue weighted by Gasteiger charge is -2.30. The first-order chi connectivity index (χ1) is 12.7. The molecule has 1 atom stereocenters. The van der Waals surface area contributed by atoms with Crippen molar-refractivity contribution in [2.24, 2.45) is 5.41 Å². The number of hydrogen-bond acceptors (Lipinski definition) is 4. The Hall–Kier alpha value is -1.93. The monoisotopic (exact) mass is 352 g/mol. The van der Waals surface area contributed by atoms with Gasteiger partial charge in [-0.05, 0) is 49.4 Å². The van der Waals surface area contributed by atoms with Crippen LogP contribution in [0, 0.1) is 16.7 Å². The van der Waals surface area contributed by atoms with Crippen LogP contribution in [0.15, 0.2) is 42.5 Å². The van der Waals surface area contributed by atoms with Gasteiger partial charge in [0.05, 0.1) is 11.5 Å². The minimum absolute atomic E-state index is 0.209. The molecule has 0 bridgehead atoms. The fourth-order valence-electron chi connectivity index (χ4n) is 3.73. The molecule has 0 amide bonds. The Labute approximate surface area is 156 Å². The summed E-state index contributed by atoms with van der Waals surface area (Å²) in [4.78, 5) is 0. The van der Waals surface area contributed by atoms with Crippen molar-refractivity contribution >= 4 is 10.8 Å². The van der Waals surface area contributed by atoms with E-state index in [1.54, 1.807) is 0 Å². The van der Waals surface area contributed by atoms with Crippen molar-refractivity contribution in [1.29, 1.82) is 5.26 Å². The van der Waals surface area contributed by atoms with Crippen LogP contribution in [0.4, 0.5) is 0 Å². The van der Waals surface area contributed by atoms with E-state index in [1.807, 2.05) is 13.8 Å². The first kappa shape index (κ1) is 18.8. The number of benzene rings is 2. The van der Waals surface area contributed by atoms with Gasteiger partial charge in [-0.25, -0.2) is 0 Å². The summed E-state index contributed by atoms with van der Waals surface area (Å²) >= 11 is 0. The zero-order chi connectivity index (χ0) is 18.4. The van der Waals surface area contributed by atoms with Crippen molar-refractivity contribution in [2.45, 2.75) is 45.4 Å². The third kappa shape index (κ3) is 3.91. The maximum absolute atomic E-state index is 9.73. The van der Waals surface area contributed by atoms with E-state index in [1.165, 1.54) is 16.3 Å². The van der Waals surface area contributed by atoms with E-state index in [-0.39, 0.29) is 17.7 Å². The highest BCUT2D eigenvalue weighted by molar-refractivity contribution is 5.85. The molecule has 0 spiro atoms. The second-order valence-electron chi connectivity index (χ2n) is 6.88. The summed E-state index contributed by atoms with van der Waals surface area (Å²) in [5.74, 6) is 0. The summed E-state index contributed by atoms with van der Waals surface area (Å²) in [6.07, 6.45) is 2.53. The van der Waals surface area contributed by atoms with Crippen molar-refractivity contribution < 1.29 is 9.47 Å². The quantitative estimate of drug-likeness (QED) is 0.656. The lowest BCUT2D eigenvalue weighted by Crippen LogP contribution is -2.45. The zero-order valence-corrected chi connectivity index (χ0v) is 15.7. The van der Waals surface area contributed by atoms with E-state index in [4.69, 9.17) is 9.47 Å². The predicted octanol–water partition coefficient (Wildman–Crippen LogP) is 4.04. The van der Waals surface area contributed by atoms with Crippen LogP contribution in [0.2, 0.25) is 0 Å². The van der Waals surface area contributed by atoms with E-state index in [9.17, 15) is 5.26 Å². The van der Waals surface area contributed by atoms with Crippen LogP contribution in [0.1, 0.15) is 32.3 Å². The fraction of sp³-hybridized carbons (Fsp3) is 0.500. The molecule has 138 valence electrons. The van der Waals surface area contributed by atoms with Gasteiger partial charge in [-0.2, -0.15) is 5.26 Å². The standard InChI is InChI=1S/C22H28N2O2/c1-3-25-21(26-4-2)22(13-14-22)20(16-23)24-15-12-18-10-7-9-17-8-5-6-11-19(17)18/h5-11,20-21,24H,3-4,12-15H2,1-2H3/t20-/m0/s1. The molecule has 0 radical (unpaired) electrons. The second kappa shape index (κ2) is 8.64. The minimum Gasteiger partial charge on any atom is -0.352 e. The highest BCUT2D eigenvalue weighted by atomic mass is 16.7. The van der Waals surface area contributed by atoms with E-state index in [2.05, 4.69) is 53.9 Å². The molecule has 2 aromatic rings. The number of rotatable bonds is 10. The van der Waals surface area contributed by atoms with E-state index < -0.39 is 0 Å². The van der Waals surface area contributed by atoms with Crippen LogP contribution in [-0.4, -0.2) is 32.1 Å². The number of ether oxygens (including phenoxy) is 2.